The predicted octanol–water partition coefficient (Wildman–Crippen LogP) is 2.72. The van der Waals surface area contributed by atoms with E-state index in [0.717, 1.165) is 12.8 Å². The number of nitrogens with one attached hydrogen (secondary N) is 2. The van der Waals surface area contributed by atoms with Gasteiger partial charge in [0.1, 0.15) is 5.82 Å². The van der Waals surface area contributed by atoms with Crippen molar-refractivity contribution in [3.8, 4) is 0 Å². The minimum absolute atomic E-state index is 0.0332. The summed E-state index contributed by atoms with van der Waals surface area (Å²) in [6.45, 7) is 2.70. The number of nitrogens with two attached hydrogens (primary N) is 1. The number of carbonyl (C=O) groups excluding carboxylic acids is 2. The normalized spacial score (nSPS) is 19.9. The zero-order valence-corrected chi connectivity index (χ0v) is 19.9. The Morgan fingerprint density at radius 2 is 1.86 bits per heavy atom. The molecule has 0 radical (unpaired) electrons. The summed E-state index contributed by atoms with van der Waals surface area (Å²) in [5.41, 5.74) is 8.24. The average molecular weight is 475 g/mol. The van der Waals surface area contributed by atoms with Gasteiger partial charge in [-0.05, 0) is 56.2 Å². The third-order valence-electron chi connectivity index (χ3n) is 6.69. The van der Waals surface area contributed by atoms with Crippen LogP contribution in [0, 0.1) is 0 Å². The maximum absolute atomic E-state index is 12.9. The van der Waals surface area contributed by atoms with Gasteiger partial charge in [-0.2, -0.15) is 5.10 Å². The Balaban J connectivity index is 1.31. The molecule has 10 nitrogen and oxygen atoms in total. The van der Waals surface area contributed by atoms with Crippen LogP contribution in [0.3, 0.4) is 0 Å². The van der Waals surface area contributed by atoms with E-state index in [4.69, 9.17) is 5.73 Å². The lowest BCUT2D eigenvalue weighted by atomic mass is 9.99. The lowest BCUT2D eigenvalue weighted by Gasteiger charge is -2.39. The zero-order valence-electron chi connectivity index (χ0n) is 19.9. The molecule has 1 aromatic carbocycles. The molecule has 1 aliphatic carbocycles. The van der Waals surface area contributed by atoms with Crippen molar-refractivity contribution < 1.29 is 9.59 Å². The standard InChI is InChI=1S/C25H30N8O2/c1-15-3-10-19(30-25(35)18-8-6-17(7-9-18)16-4-5-16)14-33(15)21-12-27-22(23(26)34)24(31-21)29-20-11-28-32(2)13-20/h6-9,11-13,15-16,19H,3-5,10,14H2,1-2H3,(H2,26,34)(H,29,31)(H,30,35)/t15-,19+/m1/s1. The highest BCUT2D eigenvalue weighted by molar-refractivity contribution is 5.96. The summed E-state index contributed by atoms with van der Waals surface area (Å²) in [5.74, 6) is 0.819. The molecule has 2 aromatic heterocycles. The highest BCUT2D eigenvalue weighted by Crippen LogP contribution is 2.39. The fourth-order valence-corrected chi connectivity index (χ4v) is 4.54. The maximum atomic E-state index is 12.9. The van der Waals surface area contributed by atoms with Crippen molar-refractivity contribution in [2.75, 3.05) is 16.8 Å². The van der Waals surface area contributed by atoms with Crippen LogP contribution in [-0.2, 0) is 7.05 Å². The first-order valence-corrected chi connectivity index (χ1v) is 12.0. The molecule has 5 rings (SSSR count). The number of aromatic nitrogens is 4. The molecular weight excluding hydrogens is 444 g/mol. The molecule has 2 amide bonds. The Morgan fingerprint density at radius 1 is 1.09 bits per heavy atom. The molecule has 0 spiro atoms. The van der Waals surface area contributed by atoms with Crippen molar-refractivity contribution in [3.05, 3.63) is 59.7 Å². The molecule has 2 aliphatic rings. The summed E-state index contributed by atoms with van der Waals surface area (Å²) in [6, 6.07) is 8.12. The minimum Gasteiger partial charge on any atom is -0.364 e. The molecule has 0 bridgehead atoms. The van der Waals surface area contributed by atoms with Crippen molar-refractivity contribution in [2.24, 2.45) is 12.8 Å². The molecule has 3 aromatic rings. The van der Waals surface area contributed by atoms with Gasteiger partial charge in [-0.3, -0.25) is 14.3 Å². The summed E-state index contributed by atoms with van der Waals surface area (Å²) in [4.78, 5) is 35.9. The van der Waals surface area contributed by atoms with Crippen LogP contribution in [0.4, 0.5) is 17.3 Å². The number of nitrogens with zero attached hydrogens (tertiary/aromatic N) is 5. The summed E-state index contributed by atoms with van der Waals surface area (Å²) >= 11 is 0. The van der Waals surface area contributed by atoms with Gasteiger partial charge < -0.3 is 21.3 Å². The van der Waals surface area contributed by atoms with Gasteiger partial charge in [-0.1, -0.05) is 12.1 Å². The van der Waals surface area contributed by atoms with E-state index in [9.17, 15) is 9.59 Å². The first-order chi connectivity index (χ1) is 16.9. The number of benzene rings is 1. The molecule has 0 unspecified atom stereocenters. The lowest BCUT2D eigenvalue weighted by Crippen LogP contribution is -2.51. The number of anilines is 3. The van der Waals surface area contributed by atoms with Crippen LogP contribution in [0.1, 0.15) is 64.9 Å². The Labute approximate surface area is 203 Å². The molecule has 182 valence electrons. The number of hydrogen-bond donors (Lipinski definition) is 3. The fourth-order valence-electron chi connectivity index (χ4n) is 4.54. The molecule has 2 fully saturated rings. The minimum atomic E-state index is -0.667. The molecular formula is C25H30N8O2. The maximum Gasteiger partial charge on any atom is 0.271 e. The van der Waals surface area contributed by atoms with Crippen molar-refractivity contribution >= 4 is 29.1 Å². The van der Waals surface area contributed by atoms with E-state index in [1.54, 1.807) is 30.3 Å². The van der Waals surface area contributed by atoms with Crippen LogP contribution >= 0.6 is 0 Å². The summed E-state index contributed by atoms with van der Waals surface area (Å²) in [7, 11) is 1.80. The second-order valence-electron chi connectivity index (χ2n) is 9.46. The number of hydrogen-bond acceptors (Lipinski definition) is 7. The van der Waals surface area contributed by atoms with Gasteiger partial charge in [-0.15, -0.1) is 0 Å². The third-order valence-corrected chi connectivity index (χ3v) is 6.69. The van der Waals surface area contributed by atoms with E-state index < -0.39 is 5.91 Å². The van der Waals surface area contributed by atoms with E-state index in [2.05, 4.69) is 49.7 Å². The van der Waals surface area contributed by atoms with Crippen molar-refractivity contribution in [1.29, 1.82) is 0 Å². The average Bonchev–Trinajstić information content (AvgIpc) is 3.62. The van der Waals surface area contributed by atoms with Gasteiger partial charge >= 0.3 is 0 Å². The van der Waals surface area contributed by atoms with Gasteiger partial charge in [0.2, 0.25) is 0 Å². The van der Waals surface area contributed by atoms with Crippen LogP contribution in [0.15, 0.2) is 42.9 Å². The van der Waals surface area contributed by atoms with Crippen molar-refractivity contribution in [3.63, 3.8) is 0 Å². The topological polar surface area (TPSA) is 131 Å². The monoisotopic (exact) mass is 474 g/mol. The van der Waals surface area contributed by atoms with Gasteiger partial charge in [0.15, 0.2) is 11.5 Å². The molecule has 4 N–H and O–H groups in total. The highest BCUT2D eigenvalue weighted by atomic mass is 16.2. The number of aryl methyl sites for hydroxylation is 1. The number of piperidine rings is 1. The van der Waals surface area contributed by atoms with Crippen LogP contribution in [0.25, 0.3) is 0 Å². The summed E-state index contributed by atoms with van der Waals surface area (Å²) in [6.07, 6.45) is 9.20. The van der Waals surface area contributed by atoms with E-state index in [1.807, 2.05) is 12.1 Å². The Morgan fingerprint density at radius 3 is 2.51 bits per heavy atom. The summed E-state index contributed by atoms with van der Waals surface area (Å²) < 4.78 is 1.64. The molecule has 1 saturated carbocycles. The Hall–Kier alpha value is -3.95. The van der Waals surface area contributed by atoms with Crippen LogP contribution < -0.4 is 21.3 Å². The zero-order chi connectivity index (χ0) is 24.5. The highest BCUT2D eigenvalue weighted by Gasteiger charge is 2.29. The molecule has 3 heterocycles. The van der Waals surface area contributed by atoms with Gasteiger partial charge in [-0.25, -0.2) is 9.97 Å². The van der Waals surface area contributed by atoms with Crippen LogP contribution in [-0.4, -0.2) is 50.2 Å². The van der Waals surface area contributed by atoms with Crippen molar-refractivity contribution in [1.82, 2.24) is 25.1 Å². The number of carbonyl (C=O) groups is 2. The molecule has 2 atom stereocenters. The molecule has 35 heavy (non-hydrogen) atoms. The number of amides is 2. The largest absolute Gasteiger partial charge is 0.364 e. The van der Waals surface area contributed by atoms with Gasteiger partial charge in [0, 0.05) is 37.4 Å². The van der Waals surface area contributed by atoms with Gasteiger partial charge in [0.25, 0.3) is 11.8 Å². The number of primary amides is 1. The van der Waals surface area contributed by atoms with Crippen molar-refractivity contribution in [2.45, 2.75) is 50.6 Å². The van der Waals surface area contributed by atoms with E-state index in [0.29, 0.717) is 29.5 Å². The summed E-state index contributed by atoms with van der Waals surface area (Å²) in [5, 5.41) is 10.4. The predicted molar refractivity (Wildman–Crippen MR) is 133 cm³/mol. The van der Waals surface area contributed by atoms with E-state index in [1.165, 1.54) is 18.4 Å². The van der Waals surface area contributed by atoms with E-state index in [-0.39, 0.29) is 29.5 Å². The first-order valence-electron chi connectivity index (χ1n) is 12.0. The lowest BCUT2D eigenvalue weighted by molar-refractivity contribution is 0.0930. The molecule has 1 saturated heterocycles. The smallest absolute Gasteiger partial charge is 0.271 e. The van der Waals surface area contributed by atoms with E-state index >= 15 is 0 Å². The Kier molecular flexibility index (Phi) is 6.10. The quantitative estimate of drug-likeness (QED) is 0.480. The van der Waals surface area contributed by atoms with Crippen LogP contribution in [0.2, 0.25) is 0 Å². The SMILES string of the molecule is C[C@@H]1CC[C@H](NC(=O)c2ccc(C3CC3)cc2)CN1c1cnc(C(N)=O)c(Nc2cnn(C)c2)n1. The molecule has 10 heteroatoms. The second-order valence-corrected chi connectivity index (χ2v) is 9.46. The third kappa shape index (κ3) is 5.11. The van der Waals surface area contributed by atoms with Gasteiger partial charge in [0.05, 0.1) is 18.1 Å². The second kappa shape index (κ2) is 9.36. The number of rotatable bonds is 7. The molecule has 1 aliphatic heterocycles. The first kappa shape index (κ1) is 22.8. The van der Waals surface area contributed by atoms with Crippen LogP contribution in [0.5, 0.6) is 0 Å². The Bertz CT molecular complexity index is 1230. The fraction of sp³-hybridized carbons (Fsp3) is 0.400.